The fourth-order valence-electron chi connectivity index (χ4n) is 3.62. The van der Waals surface area contributed by atoms with Gasteiger partial charge < -0.3 is 14.6 Å². The van der Waals surface area contributed by atoms with Crippen LogP contribution in [0.2, 0.25) is 5.02 Å². The molecule has 3 aromatic rings. The highest BCUT2D eigenvalue weighted by atomic mass is 35.5. The summed E-state index contributed by atoms with van der Waals surface area (Å²) < 4.78 is 52.8. The zero-order chi connectivity index (χ0) is 24.4. The van der Waals surface area contributed by atoms with E-state index in [-0.39, 0.29) is 21.8 Å². The minimum Gasteiger partial charge on any atom is -0.497 e. The van der Waals surface area contributed by atoms with Crippen LogP contribution in [0, 0.1) is 0 Å². The van der Waals surface area contributed by atoms with Gasteiger partial charge in [0.2, 0.25) is 0 Å². The van der Waals surface area contributed by atoms with Crippen LogP contribution in [0.25, 0.3) is 11.3 Å². The van der Waals surface area contributed by atoms with Crippen molar-refractivity contribution in [1.29, 1.82) is 0 Å². The van der Waals surface area contributed by atoms with Gasteiger partial charge in [-0.05, 0) is 47.5 Å². The zero-order valence-electron chi connectivity index (χ0n) is 18.0. The minimum atomic E-state index is -5.04. The molecule has 2 aromatic carbocycles. The Morgan fingerprint density at radius 2 is 1.82 bits per heavy atom. The van der Waals surface area contributed by atoms with Crippen LogP contribution in [0.3, 0.4) is 0 Å². The molecule has 174 valence electrons. The van der Waals surface area contributed by atoms with Crippen molar-refractivity contribution in [2.75, 3.05) is 14.2 Å². The molecule has 0 spiro atoms. The van der Waals surface area contributed by atoms with Gasteiger partial charge >= 0.3 is 12.1 Å². The molecule has 1 aromatic heterocycles. The highest BCUT2D eigenvalue weighted by molar-refractivity contribution is 6.31. The summed E-state index contributed by atoms with van der Waals surface area (Å²) in [5.41, 5.74) is -2.84. The highest BCUT2D eigenvalue weighted by Crippen LogP contribution is 2.50. The zero-order valence-corrected chi connectivity index (χ0v) is 18.7. The Morgan fingerprint density at radius 1 is 1.09 bits per heavy atom. The van der Waals surface area contributed by atoms with Crippen LogP contribution >= 0.6 is 11.6 Å². The van der Waals surface area contributed by atoms with E-state index in [4.69, 9.17) is 16.3 Å². The lowest BCUT2D eigenvalue weighted by molar-refractivity contribution is -0.274. The summed E-state index contributed by atoms with van der Waals surface area (Å²) in [5.74, 6) is -1.68. The number of hydrogen-bond donors (Lipinski definition) is 1. The van der Waals surface area contributed by atoms with Crippen molar-refractivity contribution in [1.82, 2.24) is 4.98 Å². The summed E-state index contributed by atoms with van der Waals surface area (Å²) in [7, 11) is 2.64. The average Bonchev–Trinajstić information content (AvgIpc) is 2.81. The minimum absolute atomic E-state index is 0.0320. The van der Waals surface area contributed by atoms with Crippen LogP contribution in [0.4, 0.5) is 13.2 Å². The number of methoxy groups -OCH3 is 2. The quantitative estimate of drug-likeness (QED) is 0.456. The van der Waals surface area contributed by atoms with E-state index < -0.39 is 29.2 Å². The Bertz CT molecular complexity index is 1170. The number of nitrogens with zero attached hydrogens (tertiary/aromatic N) is 1. The van der Waals surface area contributed by atoms with Crippen molar-refractivity contribution in [3.8, 4) is 17.0 Å². The first-order valence-corrected chi connectivity index (χ1v) is 10.2. The van der Waals surface area contributed by atoms with Gasteiger partial charge in [-0.15, -0.1) is 0 Å². The summed E-state index contributed by atoms with van der Waals surface area (Å²) in [6, 6.07) is 12.6. The van der Waals surface area contributed by atoms with Crippen LogP contribution in [0.1, 0.15) is 34.3 Å². The Hall–Kier alpha value is -3.10. The van der Waals surface area contributed by atoms with Crippen LogP contribution in [0.15, 0.2) is 60.8 Å². The standard InChI is InChI=1S/C24H21ClF3NO4/c1-14(19-8-7-18(32-2)13-20(19)25)23(31,24(26,27)28)17-9-10-29-21(12-17)15-5-4-6-16(11-15)22(30)33-3/h4-14,31H,1-3H3. The smallest absolute Gasteiger partial charge is 0.422 e. The molecule has 3 rings (SSSR count). The first-order chi connectivity index (χ1) is 15.5. The van der Waals surface area contributed by atoms with Crippen LogP contribution < -0.4 is 4.74 Å². The second kappa shape index (κ2) is 9.41. The lowest BCUT2D eigenvalue weighted by atomic mass is 9.77. The van der Waals surface area contributed by atoms with Gasteiger partial charge in [0.05, 0.1) is 25.5 Å². The van der Waals surface area contributed by atoms with Crippen molar-refractivity contribution >= 4 is 17.6 Å². The van der Waals surface area contributed by atoms with Gasteiger partial charge in [-0.25, -0.2) is 4.79 Å². The van der Waals surface area contributed by atoms with E-state index in [1.807, 2.05) is 0 Å². The van der Waals surface area contributed by atoms with E-state index in [0.717, 1.165) is 12.1 Å². The maximum Gasteiger partial charge on any atom is 0.422 e. The molecule has 0 aliphatic heterocycles. The van der Waals surface area contributed by atoms with Crippen molar-refractivity contribution in [2.24, 2.45) is 0 Å². The molecule has 0 fully saturated rings. The summed E-state index contributed by atoms with van der Waals surface area (Å²) in [5, 5.41) is 11.2. The maximum absolute atomic E-state index is 14.4. The number of benzene rings is 2. The second-order valence-corrected chi connectivity index (χ2v) is 7.78. The molecule has 0 saturated heterocycles. The van der Waals surface area contributed by atoms with Gasteiger partial charge in [-0.2, -0.15) is 13.2 Å². The number of halogens is 4. The van der Waals surface area contributed by atoms with Gasteiger partial charge in [0.1, 0.15) is 5.75 Å². The third-order valence-electron chi connectivity index (χ3n) is 5.51. The fourth-order valence-corrected chi connectivity index (χ4v) is 3.95. The molecular formula is C24H21ClF3NO4. The average molecular weight is 480 g/mol. The molecule has 0 radical (unpaired) electrons. The van der Waals surface area contributed by atoms with Crippen molar-refractivity contribution in [3.05, 3.63) is 82.5 Å². The first kappa shape index (κ1) is 24.5. The normalized spacial score (nSPS) is 14.3. The monoisotopic (exact) mass is 479 g/mol. The van der Waals surface area contributed by atoms with E-state index in [2.05, 4.69) is 9.72 Å². The number of carbonyl (C=O) groups is 1. The maximum atomic E-state index is 14.4. The number of pyridine rings is 1. The third-order valence-corrected chi connectivity index (χ3v) is 5.84. The molecule has 1 N–H and O–H groups in total. The number of ether oxygens (including phenoxy) is 2. The molecule has 0 amide bonds. The number of aliphatic hydroxyl groups is 1. The summed E-state index contributed by atoms with van der Waals surface area (Å²) in [6.07, 6.45) is -3.86. The van der Waals surface area contributed by atoms with Gasteiger partial charge in [0, 0.05) is 22.7 Å². The molecule has 9 heteroatoms. The van der Waals surface area contributed by atoms with E-state index in [0.29, 0.717) is 11.3 Å². The molecule has 0 aliphatic carbocycles. The fraction of sp³-hybridized carbons (Fsp3) is 0.250. The Balaban J connectivity index is 2.12. The van der Waals surface area contributed by atoms with Crippen LogP contribution in [-0.2, 0) is 10.3 Å². The van der Waals surface area contributed by atoms with E-state index >= 15 is 0 Å². The Labute approximate surface area is 193 Å². The number of alkyl halides is 3. The largest absolute Gasteiger partial charge is 0.497 e. The number of hydrogen-bond acceptors (Lipinski definition) is 5. The molecule has 2 atom stereocenters. The highest BCUT2D eigenvalue weighted by Gasteiger charge is 2.59. The second-order valence-electron chi connectivity index (χ2n) is 7.38. The van der Waals surface area contributed by atoms with Gasteiger partial charge in [0.25, 0.3) is 0 Å². The van der Waals surface area contributed by atoms with Crippen LogP contribution in [0.5, 0.6) is 5.75 Å². The molecule has 1 heterocycles. The van der Waals surface area contributed by atoms with Gasteiger partial charge in [-0.3, -0.25) is 4.98 Å². The topological polar surface area (TPSA) is 68.7 Å². The lowest BCUT2D eigenvalue weighted by Gasteiger charge is -2.37. The molecular weight excluding hydrogens is 459 g/mol. The number of aromatic nitrogens is 1. The predicted octanol–water partition coefficient (Wildman–Crippen LogP) is 5.75. The Kier molecular flexibility index (Phi) is 7.00. The first-order valence-electron chi connectivity index (χ1n) is 9.80. The Morgan fingerprint density at radius 3 is 2.42 bits per heavy atom. The summed E-state index contributed by atoms with van der Waals surface area (Å²) in [6.45, 7) is 1.25. The van der Waals surface area contributed by atoms with Gasteiger partial charge in [-0.1, -0.05) is 36.7 Å². The number of rotatable bonds is 6. The van der Waals surface area contributed by atoms with E-state index in [1.54, 1.807) is 12.1 Å². The van der Waals surface area contributed by atoms with Gasteiger partial charge in [0.15, 0.2) is 5.60 Å². The SMILES string of the molecule is COC(=O)c1cccc(-c2cc(C(O)(C(C)c3ccc(OC)cc3Cl)C(F)(F)F)ccn2)c1. The molecule has 0 bridgehead atoms. The van der Waals surface area contributed by atoms with Crippen molar-refractivity contribution in [2.45, 2.75) is 24.6 Å². The van der Waals surface area contributed by atoms with Crippen LogP contribution in [-0.4, -0.2) is 36.5 Å². The molecule has 2 unspecified atom stereocenters. The molecule has 5 nitrogen and oxygen atoms in total. The lowest BCUT2D eigenvalue weighted by Crippen LogP contribution is -2.46. The van der Waals surface area contributed by atoms with E-state index in [1.165, 1.54) is 57.7 Å². The summed E-state index contributed by atoms with van der Waals surface area (Å²) in [4.78, 5) is 16.0. The molecule has 33 heavy (non-hydrogen) atoms. The summed E-state index contributed by atoms with van der Waals surface area (Å²) >= 11 is 6.22. The number of carbonyl (C=O) groups excluding carboxylic acids is 1. The van der Waals surface area contributed by atoms with Crippen molar-refractivity contribution in [3.63, 3.8) is 0 Å². The molecule has 0 aliphatic rings. The van der Waals surface area contributed by atoms with E-state index in [9.17, 15) is 23.1 Å². The third kappa shape index (κ3) is 4.67. The predicted molar refractivity (Wildman–Crippen MR) is 117 cm³/mol. The molecule has 0 saturated carbocycles. The van der Waals surface area contributed by atoms with Crippen molar-refractivity contribution < 1.29 is 32.5 Å². The number of esters is 1.